The van der Waals surface area contributed by atoms with Gasteiger partial charge >= 0.3 is 0 Å². The first kappa shape index (κ1) is 25.2. The largest absolute Gasteiger partial charge is 0.497 e. The third-order valence-electron chi connectivity index (χ3n) is 5.41. The van der Waals surface area contributed by atoms with E-state index in [1.54, 1.807) is 55.6 Å². The van der Waals surface area contributed by atoms with Gasteiger partial charge in [0.25, 0.3) is 0 Å². The number of thioether (sulfide) groups is 1. The molecule has 3 aromatic carbocycles. The number of amides is 2. The first-order chi connectivity index (χ1) is 17.5. The quantitative estimate of drug-likeness (QED) is 0.442. The Kier molecular flexibility index (Phi) is 8.22. The molecule has 0 radical (unpaired) electrons. The number of anilines is 1. The standard InChI is InChI=1S/C27H26FN3O4S/c1-3-35-21-8-6-7-19(15-21)29-26(33)24-16-25(32)31(17-18-11-13-20(34-2)14-12-18)27(36-24)30-23-10-5-4-9-22(23)28/h4-15,24H,3,16-17H2,1-2H3,(H,29,33). The van der Waals surface area contributed by atoms with Crippen molar-refractivity contribution in [1.29, 1.82) is 0 Å². The maximum atomic E-state index is 14.4. The Bertz CT molecular complexity index is 1270. The summed E-state index contributed by atoms with van der Waals surface area (Å²) in [6.07, 6.45) is -0.0197. The van der Waals surface area contributed by atoms with E-state index in [9.17, 15) is 14.0 Å². The number of carbonyl (C=O) groups excluding carboxylic acids is 2. The molecule has 1 aliphatic rings. The minimum atomic E-state index is -0.731. The summed E-state index contributed by atoms with van der Waals surface area (Å²) in [6.45, 7) is 2.61. The first-order valence-corrected chi connectivity index (χ1v) is 12.3. The van der Waals surface area contributed by atoms with Crippen LogP contribution in [0.5, 0.6) is 11.5 Å². The van der Waals surface area contributed by atoms with Gasteiger partial charge in [-0.1, -0.05) is 42.1 Å². The molecule has 1 fully saturated rings. The number of nitrogens with one attached hydrogen (secondary N) is 1. The van der Waals surface area contributed by atoms with Crippen LogP contribution in [0.2, 0.25) is 0 Å². The molecule has 0 aliphatic carbocycles. The van der Waals surface area contributed by atoms with E-state index >= 15 is 0 Å². The van der Waals surface area contributed by atoms with Crippen molar-refractivity contribution >= 4 is 40.1 Å². The summed E-state index contributed by atoms with van der Waals surface area (Å²) in [4.78, 5) is 32.3. The van der Waals surface area contributed by atoms with Crippen LogP contribution in [-0.4, -0.2) is 40.8 Å². The van der Waals surface area contributed by atoms with Gasteiger partial charge in [-0.05, 0) is 48.9 Å². The minimum Gasteiger partial charge on any atom is -0.497 e. The van der Waals surface area contributed by atoms with E-state index in [1.165, 1.54) is 17.0 Å². The van der Waals surface area contributed by atoms with Crippen molar-refractivity contribution in [3.8, 4) is 11.5 Å². The van der Waals surface area contributed by atoms with Crippen molar-refractivity contribution < 1.29 is 23.5 Å². The number of aliphatic imine (C=N–C) groups is 1. The fourth-order valence-corrected chi connectivity index (χ4v) is 4.70. The lowest BCUT2D eigenvalue weighted by atomic mass is 10.2. The van der Waals surface area contributed by atoms with Gasteiger partial charge in [0.05, 0.1) is 20.3 Å². The Morgan fingerprint density at radius 2 is 1.89 bits per heavy atom. The van der Waals surface area contributed by atoms with Crippen molar-refractivity contribution in [2.75, 3.05) is 19.0 Å². The van der Waals surface area contributed by atoms with Crippen LogP contribution in [0.15, 0.2) is 77.8 Å². The second kappa shape index (κ2) is 11.7. The van der Waals surface area contributed by atoms with E-state index in [0.29, 0.717) is 23.8 Å². The molecule has 2 amide bonds. The fourth-order valence-electron chi connectivity index (χ4n) is 3.61. The number of para-hydroxylation sites is 1. The second-order valence-electron chi connectivity index (χ2n) is 7.93. The molecule has 0 aromatic heterocycles. The molecule has 0 saturated carbocycles. The number of halogens is 1. The summed E-state index contributed by atoms with van der Waals surface area (Å²) in [5, 5.41) is 2.38. The lowest BCUT2D eigenvalue weighted by Crippen LogP contribution is -2.44. The maximum absolute atomic E-state index is 14.4. The van der Waals surface area contributed by atoms with E-state index in [0.717, 1.165) is 17.3 Å². The topological polar surface area (TPSA) is 80.2 Å². The third-order valence-corrected chi connectivity index (χ3v) is 6.60. The molecular formula is C27H26FN3O4S. The van der Waals surface area contributed by atoms with Crippen molar-refractivity contribution in [2.45, 2.75) is 25.1 Å². The van der Waals surface area contributed by atoms with E-state index in [-0.39, 0.29) is 35.6 Å². The van der Waals surface area contributed by atoms with Crippen LogP contribution in [0.3, 0.4) is 0 Å². The van der Waals surface area contributed by atoms with Gasteiger partial charge in [0.2, 0.25) is 11.8 Å². The zero-order chi connectivity index (χ0) is 25.5. The van der Waals surface area contributed by atoms with Gasteiger partial charge in [-0.3, -0.25) is 14.5 Å². The number of benzene rings is 3. The molecular weight excluding hydrogens is 481 g/mol. The van der Waals surface area contributed by atoms with Crippen LogP contribution in [0.4, 0.5) is 15.8 Å². The van der Waals surface area contributed by atoms with Crippen LogP contribution in [0, 0.1) is 5.82 Å². The SMILES string of the molecule is CCOc1cccc(NC(=O)C2CC(=O)N(Cc3ccc(OC)cc3)C(=Nc3ccccc3F)S2)c1. The zero-order valence-electron chi connectivity index (χ0n) is 19.9. The van der Waals surface area contributed by atoms with Gasteiger partial charge in [0, 0.05) is 18.2 Å². The van der Waals surface area contributed by atoms with E-state index in [4.69, 9.17) is 9.47 Å². The average Bonchev–Trinajstić information content (AvgIpc) is 2.88. The zero-order valence-corrected chi connectivity index (χ0v) is 20.8. The minimum absolute atomic E-state index is 0.0197. The Balaban J connectivity index is 1.58. The molecule has 1 N–H and O–H groups in total. The molecule has 1 saturated heterocycles. The first-order valence-electron chi connectivity index (χ1n) is 11.4. The van der Waals surface area contributed by atoms with Gasteiger partial charge in [-0.25, -0.2) is 9.38 Å². The summed E-state index contributed by atoms with van der Waals surface area (Å²) < 4.78 is 25.1. The predicted octanol–water partition coefficient (Wildman–Crippen LogP) is 5.39. The lowest BCUT2D eigenvalue weighted by Gasteiger charge is -2.32. The summed E-state index contributed by atoms with van der Waals surface area (Å²) in [6, 6.07) is 20.4. The highest BCUT2D eigenvalue weighted by Crippen LogP contribution is 2.32. The molecule has 4 rings (SSSR count). The van der Waals surface area contributed by atoms with E-state index in [2.05, 4.69) is 10.3 Å². The number of nitrogens with zero attached hydrogens (tertiary/aromatic N) is 2. The van der Waals surface area contributed by atoms with Gasteiger partial charge in [-0.2, -0.15) is 0 Å². The van der Waals surface area contributed by atoms with Crippen molar-refractivity contribution in [3.05, 3.63) is 84.2 Å². The number of carbonyl (C=O) groups is 2. The monoisotopic (exact) mass is 507 g/mol. The van der Waals surface area contributed by atoms with Gasteiger partial charge in [0.15, 0.2) is 5.17 Å². The van der Waals surface area contributed by atoms with Crippen molar-refractivity contribution in [3.63, 3.8) is 0 Å². The molecule has 1 unspecified atom stereocenters. The predicted molar refractivity (Wildman–Crippen MR) is 139 cm³/mol. The Labute approximate surface area is 213 Å². The highest BCUT2D eigenvalue weighted by atomic mass is 32.2. The normalized spacial score (nSPS) is 16.6. The highest BCUT2D eigenvalue weighted by molar-refractivity contribution is 8.15. The molecule has 186 valence electrons. The van der Waals surface area contributed by atoms with E-state index < -0.39 is 11.1 Å². The molecule has 0 bridgehead atoms. The number of methoxy groups -OCH3 is 1. The van der Waals surface area contributed by atoms with Crippen LogP contribution in [-0.2, 0) is 16.1 Å². The Morgan fingerprint density at radius 3 is 2.61 bits per heavy atom. The summed E-state index contributed by atoms with van der Waals surface area (Å²) in [5.74, 6) is 0.204. The molecule has 3 aromatic rings. The van der Waals surface area contributed by atoms with Crippen molar-refractivity contribution in [2.24, 2.45) is 4.99 Å². The molecule has 7 nitrogen and oxygen atoms in total. The fraction of sp³-hybridized carbons (Fsp3) is 0.222. The number of rotatable bonds is 8. The molecule has 9 heteroatoms. The molecule has 1 aliphatic heterocycles. The number of hydrogen-bond acceptors (Lipinski definition) is 6. The van der Waals surface area contributed by atoms with Gasteiger partial charge < -0.3 is 14.8 Å². The van der Waals surface area contributed by atoms with Crippen LogP contribution in [0.1, 0.15) is 18.9 Å². The smallest absolute Gasteiger partial charge is 0.238 e. The Hall–Kier alpha value is -3.85. The second-order valence-corrected chi connectivity index (χ2v) is 9.10. The van der Waals surface area contributed by atoms with Gasteiger partial charge in [0.1, 0.15) is 28.3 Å². The third kappa shape index (κ3) is 6.23. The number of ether oxygens (including phenoxy) is 2. The van der Waals surface area contributed by atoms with Crippen LogP contribution >= 0.6 is 11.8 Å². The molecule has 1 atom stereocenters. The Morgan fingerprint density at radius 1 is 1.11 bits per heavy atom. The van der Waals surface area contributed by atoms with Gasteiger partial charge in [-0.15, -0.1) is 0 Å². The van der Waals surface area contributed by atoms with Crippen LogP contribution in [0.25, 0.3) is 0 Å². The lowest BCUT2D eigenvalue weighted by molar-refractivity contribution is -0.129. The molecule has 0 spiro atoms. The molecule has 36 heavy (non-hydrogen) atoms. The summed E-state index contributed by atoms with van der Waals surface area (Å²) in [7, 11) is 1.58. The molecule has 1 heterocycles. The average molecular weight is 508 g/mol. The summed E-state index contributed by atoms with van der Waals surface area (Å²) in [5.41, 5.74) is 1.51. The van der Waals surface area contributed by atoms with Crippen molar-refractivity contribution in [1.82, 2.24) is 4.90 Å². The van der Waals surface area contributed by atoms with E-state index in [1.807, 2.05) is 19.1 Å². The van der Waals surface area contributed by atoms with Crippen LogP contribution < -0.4 is 14.8 Å². The highest BCUT2D eigenvalue weighted by Gasteiger charge is 2.36. The summed E-state index contributed by atoms with van der Waals surface area (Å²) >= 11 is 1.14. The number of amidine groups is 1. The number of hydrogen-bond donors (Lipinski definition) is 1. The maximum Gasteiger partial charge on any atom is 0.238 e.